The molecule has 3 heterocycles. The molecule has 0 bridgehead atoms. The van der Waals surface area contributed by atoms with E-state index in [1.165, 1.54) is 4.88 Å². The molecule has 2 aromatic rings. The largest absolute Gasteiger partial charge is 0.452 e. The summed E-state index contributed by atoms with van der Waals surface area (Å²) in [6.07, 6.45) is -0.262. The van der Waals surface area contributed by atoms with Crippen LogP contribution in [0, 0.1) is 0 Å². The molecule has 7 nitrogen and oxygen atoms in total. The van der Waals surface area contributed by atoms with E-state index in [0.717, 1.165) is 16.9 Å². The van der Waals surface area contributed by atoms with E-state index in [2.05, 4.69) is 0 Å². The number of rotatable bonds is 5. The van der Waals surface area contributed by atoms with Crippen molar-refractivity contribution in [2.75, 3.05) is 13.1 Å². The van der Waals surface area contributed by atoms with E-state index < -0.39 is 23.9 Å². The van der Waals surface area contributed by atoms with Crippen molar-refractivity contribution in [1.82, 2.24) is 9.80 Å². The zero-order valence-electron chi connectivity index (χ0n) is 15.9. The van der Waals surface area contributed by atoms with Crippen molar-refractivity contribution in [3.05, 3.63) is 57.3 Å². The van der Waals surface area contributed by atoms with Crippen molar-refractivity contribution in [2.24, 2.45) is 0 Å². The number of nitrogens with zero attached hydrogens (tertiary/aromatic N) is 2. The monoisotopic (exact) mass is 412 g/mol. The average molecular weight is 412 g/mol. The summed E-state index contributed by atoms with van der Waals surface area (Å²) >= 11 is 1.69. The molecule has 1 unspecified atom stereocenters. The minimum Gasteiger partial charge on any atom is -0.452 e. The molecule has 8 heteroatoms. The lowest BCUT2D eigenvalue weighted by Crippen LogP contribution is -2.42. The van der Waals surface area contributed by atoms with Crippen molar-refractivity contribution in [3.8, 4) is 0 Å². The fourth-order valence-electron chi connectivity index (χ4n) is 3.65. The molecule has 3 amide bonds. The lowest BCUT2D eigenvalue weighted by molar-refractivity contribution is -0.159. The van der Waals surface area contributed by atoms with Gasteiger partial charge in [0.15, 0.2) is 6.10 Å². The van der Waals surface area contributed by atoms with Crippen LogP contribution in [-0.2, 0) is 27.3 Å². The molecule has 2 aliphatic rings. The summed E-state index contributed by atoms with van der Waals surface area (Å²) in [5.74, 6) is -1.68. The number of amides is 3. The molecular weight excluding hydrogens is 392 g/mol. The molecule has 0 radical (unpaired) electrons. The maximum Gasteiger partial charge on any atom is 0.308 e. The molecule has 4 rings (SSSR count). The van der Waals surface area contributed by atoms with Crippen LogP contribution in [0.2, 0.25) is 0 Å². The van der Waals surface area contributed by atoms with E-state index in [-0.39, 0.29) is 18.9 Å². The second kappa shape index (κ2) is 7.79. The van der Waals surface area contributed by atoms with Gasteiger partial charge in [0.1, 0.15) is 0 Å². The van der Waals surface area contributed by atoms with Crippen LogP contribution in [0.5, 0.6) is 0 Å². The Balaban J connectivity index is 1.29. The standard InChI is InChI=1S/C21H20N2O5S/c1-13(19(25)22-9-6-17-14(12-22)8-11-29-17)28-18(24)7-10-23-20(26)15-4-2-3-5-16(15)21(23)27/h2-5,8,11,13H,6-7,9-10,12H2,1H3. The smallest absolute Gasteiger partial charge is 0.308 e. The summed E-state index contributed by atoms with van der Waals surface area (Å²) in [6.45, 7) is 2.59. The summed E-state index contributed by atoms with van der Waals surface area (Å²) in [7, 11) is 0. The maximum atomic E-state index is 12.6. The number of hydrogen-bond acceptors (Lipinski definition) is 6. The summed E-state index contributed by atoms with van der Waals surface area (Å²) in [5.41, 5.74) is 1.82. The van der Waals surface area contributed by atoms with Gasteiger partial charge in [-0.05, 0) is 42.5 Å². The molecular formula is C21H20N2O5S. The Bertz CT molecular complexity index is 963. The Kier molecular flexibility index (Phi) is 5.19. The van der Waals surface area contributed by atoms with Gasteiger partial charge in [0.25, 0.3) is 17.7 Å². The van der Waals surface area contributed by atoms with Gasteiger partial charge >= 0.3 is 5.97 Å². The number of fused-ring (bicyclic) bond motifs is 2. The molecule has 0 aliphatic carbocycles. The predicted octanol–water partition coefficient (Wildman–Crippen LogP) is 2.25. The third-order valence-electron chi connectivity index (χ3n) is 5.19. The highest BCUT2D eigenvalue weighted by atomic mass is 32.1. The highest BCUT2D eigenvalue weighted by Crippen LogP contribution is 2.25. The lowest BCUT2D eigenvalue weighted by atomic mass is 10.1. The van der Waals surface area contributed by atoms with Crippen molar-refractivity contribution in [1.29, 1.82) is 0 Å². The number of thiophene rings is 1. The van der Waals surface area contributed by atoms with Crippen LogP contribution in [0.3, 0.4) is 0 Å². The third-order valence-corrected chi connectivity index (χ3v) is 6.22. The van der Waals surface area contributed by atoms with Gasteiger partial charge in [-0.15, -0.1) is 11.3 Å². The fraction of sp³-hybridized carbons (Fsp3) is 0.333. The van der Waals surface area contributed by atoms with Gasteiger partial charge in [0.2, 0.25) is 0 Å². The van der Waals surface area contributed by atoms with Crippen LogP contribution in [0.15, 0.2) is 35.7 Å². The summed E-state index contributed by atoms with van der Waals surface area (Å²) in [6, 6.07) is 8.57. The van der Waals surface area contributed by atoms with Gasteiger partial charge < -0.3 is 9.64 Å². The van der Waals surface area contributed by atoms with Crippen LogP contribution in [0.4, 0.5) is 0 Å². The predicted molar refractivity (Wildman–Crippen MR) is 105 cm³/mol. The minimum absolute atomic E-state index is 0.0753. The van der Waals surface area contributed by atoms with Crippen LogP contribution in [0.25, 0.3) is 0 Å². The highest BCUT2D eigenvalue weighted by Gasteiger charge is 2.35. The van der Waals surface area contributed by atoms with Gasteiger partial charge in [-0.1, -0.05) is 12.1 Å². The summed E-state index contributed by atoms with van der Waals surface area (Å²) in [5, 5.41) is 2.02. The first-order valence-electron chi connectivity index (χ1n) is 9.44. The second-order valence-corrected chi connectivity index (χ2v) is 8.07. The number of benzene rings is 1. The number of ether oxygens (including phenoxy) is 1. The number of hydrogen-bond donors (Lipinski definition) is 0. The Labute approximate surface area is 171 Å². The van der Waals surface area contributed by atoms with Crippen LogP contribution < -0.4 is 0 Å². The number of esters is 1. The number of carbonyl (C=O) groups is 4. The third kappa shape index (κ3) is 3.67. The van der Waals surface area contributed by atoms with Crippen molar-refractivity contribution >= 4 is 35.0 Å². The molecule has 1 atom stereocenters. The van der Waals surface area contributed by atoms with Gasteiger partial charge in [-0.25, -0.2) is 0 Å². The Morgan fingerprint density at radius 1 is 1.14 bits per heavy atom. The Morgan fingerprint density at radius 3 is 2.52 bits per heavy atom. The first-order chi connectivity index (χ1) is 14.0. The van der Waals surface area contributed by atoms with Crippen LogP contribution >= 0.6 is 11.3 Å². The number of carbonyl (C=O) groups excluding carboxylic acids is 4. The van der Waals surface area contributed by atoms with Crippen LogP contribution in [-0.4, -0.2) is 52.7 Å². The summed E-state index contributed by atoms with van der Waals surface area (Å²) < 4.78 is 5.27. The SMILES string of the molecule is CC(OC(=O)CCN1C(=O)c2ccccc2C1=O)C(=O)N1CCc2sccc2C1. The van der Waals surface area contributed by atoms with Crippen LogP contribution in [0.1, 0.15) is 44.5 Å². The summed E-state index contributed by atoms with van der Waals surface area (Å²) in [4.78, 5) is 53.5. The molecule has 0 saturated heterocycles. The minimum atomic E-state index is -0.912. The first kappa shape index (κ1) is 19.3. The fourth-order valence-corrected chi connectivity index (χ4v) is 4.54. The van der Waals surface area contributed by atoms with Crippen molar-refractivity contribution < 1.29 is 23.9 Å². The van der Waals surface area contributed by atoms with Gasteiger partial charge in [0.05, 0.1) is 17.5 Å². The molecule has 150 valence electrons. The zero-order chi connectivity index (χ0) is 20.5. The topological polar surface area (TPSA) is 84.0 Å². The quantitative estimate of drug-likeness (QED) is 0.556. The van der Waals surface area contributed by atoms with Gasteiger partial charge in [0, 0.05) is 24.5 Å². The van der Waals surface area contributed by atoms with Crippen molar-refractivity contribution in [2.45, 2.75) is 32.4 Å². The molecule has 0 N–H and O–H groups in total. The number of imide groups is 1. The second-order valence-electron chi connectivity index (χ2n) is 7.07. The van der Waals surface area contributed by atoms with E-state index in [0.29, 0.717) is 24.2 Å². The van der Waals surface area contributed by atoms with E-state index in [1.807, 2.05) is 11.4 Å². The zero-order valence-corrected chi connectivity index (χ0v) is 16.7. The molecule has 1 aromatic heterocycles. The molecule has 29 heavy (non-hydrogen) atoms. The van der Waals surface area contributed by atoms with Gasteiger partial charge in [-0.2, -0.15) is 0 Å². The Morgan fingerprint density at radius 2 is 1.83 bits per heavy atom. The molecule has 1 aromatic carbocycles. The molecule has 0 fully saturated rings. The van der Waals surface area contributed by atoms with E-state index in [9.17, 15) is 19.2 Å². The average Bonchev–Trinajstić information content (AvgIpc) is 3.29. The van der Waals surface area contributed by atoms with E-state index in [1.54, 1.807) is 47.4 Å². The van der Waals surface area contributed by atoms with Crippen molar-refractivity contribution in [3.63, 3.8) is 0 Å². The normalized spacial score (nSPS) is 16.4. The van der Waals surface area contributed by atoms with E-state index >= 15 is 0 Å². The van der Waals surface area contributed by atoms with E-state index in [4.69, 9.17) is 4.74 Å². The van der Waals surface area contributed by atoms with Gasteiger partial charge in [-0.3, -0.25) is 24.1 Å². The highest BCUT2D eigenvalue weighted by molar-refractivity contribution is 7.10. The first-order valence-corrected chi connectivity index (χ1v) is 10.3. The Hall–Kier alpha value is -3.00. The molecule has 2 aliphatic heterocycles. The lowest BCUT2D eigenvalue weighted by Gasteiger charge is -2.29. The maximum absolute atomic E-state index is 12.6. The molecule has 0 spiro atoms. The molecule has 0 saturated carbocycles.